The molecule has 2 N–H and O–H groups in total. The molecule has 1 aliphatic rings. The van der Waals surface area contributed by atoms with Gasteiger partial charge in [-0.05, 0) is 62.1 Å². The fourth-order valence-electron chi connectivity index (χ4n) is 5.34. The average molecular weight is 562 g/mol. The van der Waals surface area contributed by atoms with E-state index in [2.05, 4.69) is 4.98 Å². The van der Waals surface area contributed by atoms with Crippen LogP contribution in [0, 0.1) is 19.8 Å². The minimum atomic E-state index is -4.24. The standard InChI is InChI=1S/C30H31N3O6S/c1-18-7-6-8-19(2)28(18)39-25-16-32(5)26(35)15-24(25)22-13-20(3)30(4,23(14-22)17-34)40(37,38)33-12-10-21-9-11-31-29(36)27(21)33/h6-16,23,34H,17H2,1-5H3,(H,31,36). The molecule has 1 aliphatic carbocycles. The smallest absolute Gasteiger partial charge is 0.273 e. The number of rotatable bonds is 6. The molecule has 0 radical (unpaired) electrons. The zero-order chi connectivity index (χ0) is 29.0. The number of allylic oxidation sites excluding steroid dienone is 2. The van der Waals surface area contributed by atoms with Crippen LogP contribution in [-0.4, -0.2) is 38.4 Å². The van der Waals surface area contributed by atoms with E-state index in [1.807, 2.05) is 32.0 Å². The van der Waals surface area contributed by atoms with Gasteiger partial charge in [-0.1, -0.05) is 30.4 Å². The molecule has 0 saturated heterocycles. The highest BCUT2D eigenvalue weighted by Crippen LogP contribution is 2.44. The Labute approximate surface area is 231 Å². The van der Waals surface area contributed by atoms with Crippen LogP contribution in [0.4, 0.5) is 0 Å². The summed E-state index contributed by atoms with van der Waals surface area (Å²) in [5.41, 5.74) is 2.53. The Balaban J connectivity index is 1.66. The van der Waals surface area contributed by atoms with Gasteiger partial charge in [0, 0.05) is 42.4 Å². The van der Waals surface area contributed by atoms with Gasteiger partial charge in [-0.15, -0.1) is 0 Å². The van der Waals surface area contributed by atoms with E-state index in [4.69, 9.17) is 4.74 Å². The first-order chi connectivity index (χ1) is 18.9. The van der Waals surface area contributed by atoms with E-state index in [0.717, 1.165) is 15.1 Å². The van der Waals surface area contributed by atoms with Crippen LogP contribution < -0.4 is 15.9 Å². The molecule has 0 aliphatic heterocycles. The molecule has 40 heavy (non-hydrogen) atoms. The molecule has 208 valence electrons. The number of aliphatic hydroxyl groups is 1. The molecule has 5 rings (SSSR count). The molecule has 10 heteroatoms. The number of para-hydroxylation sites is 1. The number of hydrogen-bond acceptors (Lipinski definition) is 6. The zero-order valence-electron chi connectivity index (χ0n) is 22.9. The molecule has 0 fully saturated rings. The molecular weight excluding hydrogens is 530 g/mol. The monoisotopic (exact) mass is 561 g/mol. The van der Waals surface area contributed by atoms with Crippen LogP contribution in [-0.2, 0) is 17.1 Å². The predicted molar refractivity (Wildman–Crippen MR) is 155 cm³/mol. The Bertz CT molecular complexity index is 1920. The lowest BCUT2D eigenvalue weighted by atomic mass is 9.79. The summed E-state index contributed by atoms with van der Waals surface area (Å²) in [6.07, 6.45) is 7.78. The largest absolute Gasteiger partial charge is 0.455 e. The van der Waals surface area contributed by atoms with Gasteiger partial charge in [0.1, 0.15) is 16.0 Å². The second-order valence-electron chi connectivity index (χ2n) is 10.4. The summed E-state index contributed by atoms with van der Waals surface area (Å²) in [5, 5.41) is 11.0. The van der Waals surface area contributed by atoms with Crippen LogP contribution in [0.3, 0.4) is 0 Å². The summed E-state index contributed by atoms with van der Waals surface area (Å²) in [6.45, 7) is 6.60. The third-order valence-electron chi connectivity index (χ3n) is 7.93. The molecule has 0 amide bonds. The number of H-pyrrole nitrogens is 1. The molecule has 3 aromatic heterocycles. The number of ether oxygens (including phenoxy) is 1. The highest BCUT2D eigenvalue weighted by Gasteiger charge is 2.50. The van der Waals surface area contributed by atoms with Crippen molar-refractivity contribution >= 4 is 26.5 Å². The number of pyridine rings is 2. The van der Waals surface area contributed by atoms with Crippen molar-refractivity contribution in [2.45, 2.75) is 32.4 Å². The molecule has 0 bridgehead atoms. The molecule has 0 spiro atoms. The number of aryl methyl sites for hydroxylation is 3. The van der Waals surface area contributed by atoms with Gasteiger partial charge < -0.3 is 19.4 Å². The van der Waals surface area contributed by atoms with E-state index in [9.17, 15) is 23.1 Å². The van der Waals surface area contributed by atoms with Gasteiger partial charge in [-0.2, -0.15) is 0 Å². The number of aromatic nitrogens is 3. The normalized spacial score (nSPS) is 19.4. The van der Waals surface area contributed by atoms with Crippen molar-refractivity contribution in [2.75, 3.05) is 6.61 Å². The highest BCUT2D eigenvalue weighted by atomic mass is 32.2. The average Bonchev–Trinajstić information content (AvgIpc) is 3.36. The maximum absolute atomic E-state index is 14.2. The summed E-state index contributed by atoms with van der Waals surface area (Å²) in [7, 11) is -2.61. The van der Waals surface area contributed by atoms with Gasteiger partial charge in [0.25, 0.3) is 11.1 Å². The summed E-state index contributed by atoms with van der Waals surface area (Å²) in [5.74, 6) is 0.186. The van der Waals surface area contributed by atoms with E-state index in [0.29, 0.717) is 33.6 Å². The van der Waals surface area contributed by atoms with E-state index < -0.39 is 32.9 Å². The van der Waals surface area contributed by atoms with Crippen LogP contribution in [0.15, 0.2) is 82.3 Å². The van der Waals surface area contributed by atoms with Crippen LogP contribution in [0.5, 0.6) is 11.5 Å². The van der Waals surface area contributed by atoms with E-state index in [1.54, 1.807) is 51.4 Å². The summed E-state index contributed by atoms with van der Waals surface area (Å²) < 4.78 is 35.6. The predicted octanol–water partition coefficient (Wildman–Crippen LogP) is 4.03. The Kier molecular flexibility index (Phi) is 6.71. The third kappa shape index (κ3) is 4.15. The van der Waals surface area contributed by atoms with Crippen molar-refractivity contribution in [1.29, 1.82) is 0 Å². The number of benzene rings is 1. The molecule has 2 atom stereocenters. The number of aromatic amines is 1. The van der Waals surface area contributed by atoms with Crippen molar-refractivity contribution in [1.82, 2.24) is 13.5 Å². The second-order valence-corrected chi connectivity index (χ2v) is 12.6. The van der Waals surface area contributed by atoms with E-state index in [1.165, 1.54) is 23.0 Å². The van der Waals surface area contributed by atoms with Crippen LogP contribution >= 0.6 is 0 Å². The van der Waals surface area contributed by atoms with Gasteiger partial charge >= 0.3 is 0 Å². The molecule has 4 aromatic rings. The topological polar surface area (TPSA) is 123 Å². The number of nitrogens with zero attached hydrogens (tertiary/aromatic N) is 2. The third-order valence-corrected chi connectivity index (χ3v) is 10.5. The molecule has 9 nitrogen and oxygen atoms in total. The SMILES string of the molecule is CC1=CC(c2cc(=O)n(C)cc2Oc2c(C)cccc2C)=CC(CO)C1(C)S(=O)(=O)n1ccc2cc[nH]c(=O)c21. The quantitative estimate of drug-likeness (QED) is 0.367. The maximum atomic E-state index is 14.2. The molecule has 2 unspecified atom stereocenters. The van der Waals surface area contributed by atoms with Crippen LogP contribution in [0.1, 0.15) is 30.5 Å². The van der Waals surface area contributed by atoms with Crippen LogP contribution in [0.2, 0.25) is 0 Å². The highest BCUT2D eigenvalue weighted by molar-refractivity contribution is 7.91. The maximum Gasteiger partial charge on any atom is 0.273 e. The first-order valence-electron chi connectivity index (χ1n) is 12.8. The second kappa shape index (κ2) is 9.79. The van der Waals surface area contributed by atoms with Gasteiger partial charge in [-0.25, -0.2) is 12.4 Å². The van der Waals surface area contributed by atoms with Crippen molar-refractivity contribution in [3.05, 3.63) is 110 Å². The number of aliphatic hydroxyl groups excluding tert-OH is 1. The van der Waals surface area contributed by atoms with Gasteiger partial charge in [0.05, 0.1) is 12.8 Å². The number of nitrogens with one attached hydrogen (secondary N) is 1. The summed E-state index contributed by atoms with van der Waals surface area (Å²) in [4.78, 5) is 27.9. The first-order valence-corrected chi connectivity index (χ1v) is 14.2. The Morgan fingerprint density at radius 3 is 2.48 bits per heavy atom. The van der Waals surface area contributed by atoms with Gasteiger partial charge in [0.15, 0.2) is 5.75 Å². The Morgan fingerprint density at radius 2 is 1.80 bits per heavy atom. The fourth-order valence-corrected chi connectivity index (χ4v) is 7.39. The summed E-state index contributed by atoms with van der Waals surface area (Å²) >= 11 is 0. The van der Waals surface area contributed by atoms with Crippen molar-refractivity contribution in [3.8, 4) is 11.5 Å². The Hall–Kier alpha value is -4.15. The molecule has 0 saturated carbocycles. The minimum Gasteiger partial charge on any atom is -0.455 e. The fraction of sp³-hybridized carbons (Fsp3) is 0.267. The number of fused-ring (bicyclic) bond motifs is 1. The van der Waals surface area contributed by atoms with E-state index in [-0.39, 0.29) is 11.1 Å². The van der Waals surface area contributed by atoms with Crippen molar-refractivity contribution in [3.63, 3.8) is 0 Å². The minimum absolute atomic E-state index is 0.0128. The molecular formula is C30H31N3O6S. The van der Waals surface area contributed by atoms with E-state index >= 15 is 0 Å². The molecule has 3 heterocycles. The molecule has 1 aromatic carbocycles. The van der Waals surface area contributed by atoms with Crippen molar-refractivity contribution in [2.24, 2.45) is 13.0 Å². The lowest BCUT2D eigenvalue weighted by molar-refractivity contribution is 0.231. The first kappa shape index (κ1) is 27.4. The zero-order valence-corrected chi connectivity index (χ0v) is 23.7. The summed E-state index contributed by atoms with van der Waals surface area (Å²) in [6, 6.07) is 10.4. The lowest BCUT2D eigenvalue weighted by Crippen LogP contribution is -2.49. The van der Waals surface area contributed by atoms with Crippen LogP contribution in [0.25, 0.3) is 16.5 Å². The number of hydrogen-bond donors (Lipinski definition) is 2. The van der Waals surface area contributed by atoms with Crippen molar-refractivity contribution < 1.29 is 18.3 Å². The van der Waals surface area contributed by atoms with Gasteiger partial charge in [0.2, 0.25) is 10.0 Å². The van der Waals surface area contributed by atoms with Gasteiger partial charge in [-0.3, -0.25) is 9.59 Å². The Morgan fingerprint density at radius 1 is 1.10 bits per heavy atom. The lowest BCUT2D eigenvalue weighted by Gasteiger charge is -2.39.